The Balaban J connectivity index is 1.96. The number of nitrogens with one attached hydrogen (secondary N) is 1. The number of hydrogen-bond donors (Lipinski definition) is 1. The summed E-state index contributed by atoms with van der Waals surface area (Å²) in [6.07, 6.45) is 0. The molecule has 1 heterocycles. The van der Waals surface area contributed by atoms with Crippen LogP contribution in [0, 0.1) is 17.4 Å². The van der Waals surface area contributed by atoms with Gasteiger partial charge >= 0.3 is 0 Å². The van der Waals surface area contributed by atoms with Gasteiger partial charge in [-0.25, -0.2) is 4.90 Å². The molecule has 0 aliphatic carbocycles. The molecule has 25 heavy (non-hydrogen) atoms. The van der Waals surface area contributed by atoms with Gasteiger partial charge < -0.3 is 5.32 Å². The Hall–Kier alpha value is -1.57. The Labute approximate surface area is 168 Å². The molecule has 2 aromatic carbocycles. The summed E-state index contributed by atoms with van der Waals surface area (Å²) in [5.41, 5.74) is 2.92. The minimum atomic E-state index is -0.537. The summed E-state index contributed by atoms with van der Waals surface area (Å²) in [5, 5.41) is 3.44. The monoisotopic (exact) mass is 486 g/mol. The minimum absolute atomic E-state index is 0.0649. The fraction of sp³-hybridized carbons (Fsp3) is 0.111. The number of halogens is 3. The van der Waals surface area contributed by atoms with Gasteiger partial charge in [0.05, 0.1) is 5.69 Å². The van der Waals surface area contributed by atoms with Crippen molar-refractivity contribution in [1.82, 2.24) is 0 Å². The van der Waals surface area contributed by atoms with Gasteiger partial charge in [-0.3, -0.25) is 9.59 Å². The number of imide groups is 1. The van der Waals surface area contributed by atoms with E-state index >= 15 is 0 Å². The van der Waals surface area contributed by atoms with Crippen molar-refractivity contribution >= 4 is 69.0 Å². The summed E-state index contributed by atoms with van der Waals surface area (Å²) in [6.45, 7) is 3.70. The molecule has 128 valence electrons. The van der Waals surface area contributed by atoms with E-state index in [0.29, 0.717) is 16.4 Å². The van der Waals surface area contributed by atoms with Crippen molar-refractivity contribution in [3.63, 3.8) is 0 Å². The van der Waals surface area contributed by atoms with Crippen molar-refractivity contribution in [3.8, 4) is 0 Å². The molecule has 1 N–H and O–H groups in total. The molecule has 0 aromatic heterocycles. The van der Waals surface area contributed by atoms with Crippen LogP contribution in [0.25, 0.3) is 0 Å². The Morgan fingerprint density at radius 2 is 1.68 bits per heavy atom. The van der Waals surface area contributed by atoms with Crippen LogP contribution in [0.3, 0.4) is 0 Å². The van der Waals surface area contributed by atoms with Gasteiger partial charge in [-0.1, -0.05) is 23.2 Å². The average Bonchev–Trinajstić information content (AvgIpc) is 2.74. The Morgan fingerprint density at radius 1 is 0.960 bits per heavy atom. The Kier molecular flexibility index (Phi) is 5.09. The SMILES string of the molecule is Cc1cc(Cl)ccc1NC1=C(Cl)C(=O)N(c2ccc(I)cc2C)C1=O. The molecule has 2 aromatic rings. The molecule has 7 heteroatoms. The van der Waals surface area contributed by atoms with Gasteiger partial charge in [-0.15, -0.1) is 0 Å². The van der Waals surface area contributed by atoms with Gasteiger partial charge in [0.1, 0.15) is 10.7 Å². The second-order valence-corrected chi connectivity index (χ2v) is 7.71. The zero-order chi connectivity index (χ0) is 18.3. The number of rotatable bonds is 3. The predicted octanol–water partition coefficient (Wildman–Crippen LogP) is 5.00. The van der Waals surface area contributed by atoms with Crippen molar-refractivity contribution in [3.05, 3.63) is 66.8 Å². The van der Waals surface area contributed by atoms with E-state index in [9.17, 15) is 9.59 Å². The van der Waals surface area contributed by atoms with Crippen molar-refractivity contribution in [2.24, 2.45) is 0 Å². The lowest BCUT2D eigenvalue weighted by atomic mass is 10.2. The van der Waals surface area contributed by atoms with Crippen LogP contribution in [0.15, 0.2) is 47.1 Å². The summed E-state index contributed by atoms with van der Waals surface area (Å²) in [6, 6.07) is 10.7. The number of carbonyl (C=O) groups excluding carboxylic acids is 2. The highest BCUT2D eigenvalue weighted by Gasteiger charge is 2.39. The molecule has 0 saturated carbocycles. The number of carbonyl (C=O) groups is 2. The molecule has 0 atom stereocenters. The normalized spacial score (nSPS) is 14.5. The number of nitrogens with zero attached hydrogens (tertiary/aromatic N) is 1. The number of anilines is 2. The van der Waals surface area contributed by atoms with Crippen LogP contribution in [0.4, 0.5) is 11.4 Å². The zero-order valence-corrected chi connectivity index (χ0v) is 17.0. The third-order valence-corrected chi connectivity index (χ3v) is 5.13. The molecule has 1 aliphatic rings. The number of hydrogen-bond acceptors (Lipinski definition) is 3. The maximum Gasteiger partial charge on any atom is 0.283 e. The topological polar surface area (TPSA) is 49.4 Å². The van der Waals surface area contributed by atoms with Crippen LogP contribution in [0.2, 0.25) is 5.02 Å². The lowest BCUT2D eigenvalue weighted by Gasteiger charge is -2.18. The van der Waals surface area contributed by atoms with Gasteiger partial charge in [0.15, 0.2) is 0 Å². The van der Waals surface area contributed by atoms with Crippen LogP contribution < -0.4 is 10.2 Å². The summed E-state index contributed by atoms with van der Waals surface area (Å²) >= 11 is 14.3. The fourth-order valence-corrected chi connectivity index (χ4v) is 3.69. The molecular formula is C18H13Cl2IN2O2. The van der Waals surface area contributed by atoms with Crippen LogP contribution >= 0.6 is 45.8 Å². The van der Waals surface area contributed by atoms with Crippen LogP contribution in [0.1, 0.15) is 11.1 Å². The first-order valence-electron chi connectivity index (χ1n) is 7.37. The van der Waals surface area contributed by atoms with Gasteiger partial charge in [0.2, 0.25) is 0 Å². The highest BCUT2D eigenvalue weighted by molar-refractivity contribution is 14.1. The van der Waals surface area contributed by atoms with E-state index in [1.807, 2.05) is 26.0 Å². The summed E-state index contributed by atoms with van der Waals surface area (Å²) < 4.78 is 1.02. The summed E-state index contributed by atoms with van der Waals surface area (Å²) in [4.78, 5) is 26.5. The maximum absolute atomic E-state index is 12.8. The maximum atomic E-state index is 12.8. The smallest absolute Gasteiger partial charge is 0.283 e. The van der Waals surface area contributed by atoms with Crippen molar-refractivity contribution < 1.29 is 9.59 Å². The van der Waals surface area contributed by atoms with Crippen LogP contribution in [-0.4, -0.2) is 11.8 Å². The number of aryl methyl sites for hydroxylation is 2. The highest BCUT2D eigenvalue weighted by Crippen LogP contribution is 2.33. The quantitative estimate of drug-likeness (QED) is 0.490. The summed E-state index contributed by atoms with van der Waals surface area (Å²) in [5.74, 6) is -1.02. The fourth-order valence-electron chi connectivity index (χ4n) is 2.60. The molecule has 4 nitrogen and oxygen atoms in total. The lowest BCUT2D eigenvalue weighted by molar-refractivity contribution is -0.120. The Morgan fingerprint density at radius 3 is 2.32 bits per heavy atom. The molecule has 0 spiro atoms. The molecular weight excluding hydrogens is 474 g/mol. The molecule has 0 unspecified atom stereocenters. The summed E-state index contributed by atoms with van der Waals surface area (Å²) in [7, 11) is 0. The average molecular weight is 487 g/mol. The molecule has 1 aliphatic heterocycles. The van der Waals surface area contributed by atoms with Gasteiger partial charge in [-0.2, -0.15) is 0 Å². The zero-order valence-electron chi connectivity index (χ0n) is 13.4. The van der Waals surface area contributed by atoms with Gasteiger partial charge in [-0.05, 0) is 84.0 Å². The van der Waals surface area contributed by atoms with E-state index in [0.717, 1.165) is 19.6 Å². The molecule has 0 bridgehead atoms. The van der Waals surface area contributed by atoms with Gasteiger partial charge in [0, 0.05) is 14.3 Å². The predicted molar refractivity (Wildman–Crippen MR) is 109 cm³/mol. The van der Waals surface area contributed by atoms with E-state index < -0.39 is 11.8 Å². The third kappa shape index (κ3) is 3.41. The van der Waals surface area contributed by atoms with E-state index in [1.165, 1.54) is 0 Å². The van der Waals surface area contributed by atoms with Crippen molar-refractivity contribution in [2.45, 2.75) is 13.8 Å². The van der Waals surface area contributed by atoms with E-state index in [4.69, 9.17) is 23.2 Å². The number of amides is 2. The van der Waals surface area contributed by atoms with E-state index in [-0.39, 0.29) is 10.7 Å². The lowest BCUT2D eigenvalue weighted by Crippen LogP contribution is -2.32. The molecule has 0 saturated heterocycles. The Bertz CT molecular complexity index is 941. The van der Waals surface area contributed by atoms with Crippen LogP contribution in [-0.2, 0) is 9.59 Å². The third-order valence-electron chi connectivity index (χ3n) is 3.88. The van der Waals surface area contributed by atoms with Crippen LogP contribution in [0.5, 0.6) is 0 Å². The molecule has 0 radical (unpaired) electrons. The first-order valence-corrected chi connectivity index (χ1v) is 9.21. The minimum Gasteiger partial charge on any atom is -0.349 e. The van der Waals surface area contributed by atoms with Gasteiger partial charge in [0.25, 0.3) is 11.8 Å². The highest BCUT2D eigenvalue weighted by atomic mass is 127. The second-order valence-electron chi connectivity index (χ2n) is 5.65. The van der Waals surface area contributed by atoms with E-state index in [1.54, 1.807) is 24.3 Å². The molecule has 0 fully saturated rings. The standard InChI is InChI=1S/C18H13Cl2IN2O2/c1-9-7-11(19)3-5-13(9)22-16-15(20)17(24)23(18(16)25)14-6-4-12(21)8-10(14)2/h3-8,22H,1-2H3. The second kappa shape index (κ2) is 6.97. The van der Waals surface area contributed by atoms with Crippen molar-refractivity contribution in [2.75, 3.05) is 10.2 Å². The van der Waals surface area contributed by atoms with Crippen molar-refractivity contribution in [1.29, 1.82) is 0 Å². The van der Waals surface area contributed by atoms with E-state index in [2.05, 4.69) is 27.9 Å². The number of benzene rings is 2. The molecule has 2 amide bonds. The first kappa shape index (κ1) is 18.2. The first-order chi connectivity index (χ1) is 11.8. The largest absolute Gasteiger partial charge is 0.349 e. The molecule has 3 rings (SSSR count).